The number of nitrogens with zero attached hydrogens (tertiary/aromatic N) is 2. The van der Waals surface area contributed by atoms with E-state index in [0.717, 1.165) is 17.1 Å². The van der Waals surface area contributed by atoms with Gasteiger partial charge in [-0.15, -0.1) is 0 Å². The van der Waals surface area contributed by atoms with Crippen LogP contribution < -0.4 is 0 Å². The fraction of sp³-hybridized carbons (Fsp3) is 0.125. The maximum atomic E-state index is 11.4. The molecule has 1 heterocycles. The summed E-state index contributed by atoms with van der Waals surface area (Å²) in [6, 6.07) is 13.1. The first-order valence-electron chi connectivity index (χ1n) is 6.36. The Balaban J connectivity index is 2.41. The van der Waals surface area contributed by atoms with Crippen LogP contribution in [0.25, 0.3) is 16.7 Å². The predicted molar refractivity (Wildman–Crippen MR) is 77.5 cm³/mol. The molecular weight excluding hydrogens is 252 g/mol. The number of aryl methyl sites for hydroxylation is 2. The number of hydrogen-bond donors (Lipinski definition) is 1. The second kappa shape index (κ2) is 4.49. The Morgan fingerprint density at radius 1 is 1.15 bits per heavy atom. The number of carbonyl (C=O) groups is 1. The fourth-order valence-electron chi connectivity index (χ4n) is 2.50. The Bertz CT molecular complexity index is 818. The molecule has 3 aromatic rings. The Kier molecular flexibility index (Phi) is 2.79. The summed E-state index contributed by atoms with van der Waals surface area (Å²) in [5.74, 6) is -0.163. The number of benzene rings is 2. The molecule has 0 bridgehead atoms. The number of rotatable bonds is 2. The molecule has 100 valence electrons. The van der Waals surface area contributed by atoms with Crippen LogP contribution in [0.5, 0.6) is 0 Å². The third-order valence-corrected chi connectivity index (χ3v) is 3.33. The van der Waals surface area contributed by atoms with Crippen LogP contribution in [0.4, 0.5) is 0 Å². The van der Waals surface area contributed by atoms with Gasteiger partial charge in [-0.1, -0.05) is 18.2 Å². The van der Waals surface area contributed by atoms with E-state index in [2.05, 4.69) is 4.98 Å². The molecule has 0 saturated carbocycles. The van der Waals surface area contributed by atoms with E-state index in [0.29, 0.717) is 11.0 Å². The molecule has 0 spiro atoms. The van der Waals surface area contributed by atoms with Crippen molar-refractivity contribution in [1.82, 2.24) is 9.55 Å². The Morgan fingerprint density at radius 3 is 2.60 bits per heavy atom. The number of carboxylic acid groups (broad SMARTS) is 1. The largest absolute Gasteiger partial charge is 0.478 e. The van der Waals surface area contributed by atoms with Gasteiger partial charge < -0.3 is 5.11 Å². The van der Waals surface area contributed by atoms with Crippen molar-refractivity contribution in [2.24, 2.45) is 0 Å². The zero-order valence-corrected chi connectivity index (χ0v) is 11.3. The first kappa shape index (κ1) is 12.4. The van der Waals surface area contributed by atoms with Crippen LogP contribution in [0.15, 0.2) is 42.5 Å². The number of fused-ring (bicyclic) bond motifs is 1. The molecule has 1 N–H and O–H groups in total. The fourth-order valence-corrected chi connectivity index (χ4v) is 2.50. The molecule has 0 unspecified atom stereocenters. The van der Waals surface area contributed by atoms with Crippen LogP contribution in [0.2, 0.25) is 0 Å². The zero-order valence-electron chi connectivity index (χ0n) is 11.3. The molecule has 20 heavy (non-hydrogen) atoms. The van der Waals surface area contributed by atoms with Gasteiger partial charge in [-0.05, 0) is 43.7 Å². The molecule has 0 radical (unpaired) electrons. The van der Waals surface area contributed by atoms with Crippen LogP contribution >= 0.6 is 0 Å². The maximum absolute atomic E-state index is 11.4. The van der Waals surface area contributed by atoms with Crippen molar-refractivity contribution in [2.45, 2.75) is 13.8 Å². The molecule has 4 nitrogen and oxygen atoms in total. The van der Waals surface area contributed by atoms with E-state index in [1.54, 1.807) is 12.1 Å². The highest BCUT2D eigenvalue weighted by Gasteiger charge is 2.16. The molecule has 3 rings (SSSR count). The predicted octanol–water partition coefficient (Wildman–Crippen LogP) is 3.34. The molecule has 0 aliphatic rings. The third kappa shape index (κ3) is 1.86. The topological polar surface area (TPSA) is 55.1 Å². The molecule has 0 aliphatic heterocycles. The maximum Gasteiger partial charge on any atom is 0.337 e. The standard InChI is InChI=1S/C16H14N2O2/c1-10-5-3-6-12(9-10)18-11(2)17-14-8-4-7-13(15(14)18)16(19)20/h3-9H,1-2H3,(H,19,20). The van der Waals surface area contributed by atoms with Gasteiger partial charge in [0.1, 0.15) is 5.82 Å². The van der Waals surface area contributed by atoms with Crippen LogP contribution in [-0.4, -0.2) is 20.6 Å². The van der Waals surface area contributed by atoms with E-state index in [9.17, 15) is 9.90 Å². The van der Waals surface area contributed by atoms with Gasteiger partial charge in [0.25, 0.3) is 0 Å². The number of hydrogen-bond acceptors (Lipinski definition) is 2. The zero-order chi connectivity index (χ0) is 14.3. The quantitative estimate of drug-likeness (QED) is 0.774. The van der Waals surface area contributed by atoms with Gasteiger partial charge in [-0.3, -0.25) is 4.57 Å². The highest BCUT2D eigenvalue weighted by atomic mass is 16.4. The summed E-state index contributed by atoms with van der Waals surface area (Å²) in [6.07, 6.45) is 0. The van der Waals surface area contributed by atoms with E-state index >= 15 is 0 Å². The Labute approximate surface area is 116 Å². The number of aromatic nitrogens is 2. The average molecular weight is 266 g/mol. The summed E-state index contributed by atoms with van der Waals surface area (Å²) in [7, 11) is 0. The molecule has 0 amide bonds. The summed E-state index contributed by atoms with van der Waals surface area (Å²) < 4.78 is 1.89. The van der Waals surface area contributed by atoms with Crippen LogP contribution in [-0.2, 0) is 0 Å². The van der Waals surface area contributed by atoms with E-state index in [4.69, 9.17) is 0 Å². The molecule has 2 aromatic carbocycles. The Morgan fingerprint density at radius 2 is 1.90 bits per heavy atom. The van der Waals surface area contributed by atoms with Crippen molar-refractivity contribution in [1.29, 1.82) is 0 Å². The van der Waals surface area contributed by atoms with Gasteiger partial charge >= 0.3 is 5.97 Å². The lowest BCUT2D eigenvalue weighted by atomic mass is 10.1. The lowest BCUT2D eigenvalue weighted by molar-refractivity contribution is 0.0698. The molecule has 4 heteroatoms. The van der Waals surface area contributed by atoms with Crippen molar-refractivity contribution in [3.8, 4) is 5.69 Å². The first-order chi connectivity index (χ1) is 9.58. The minimum Gasteiger partial charge on any atom is -0.478 e. The SMILES string of the molecule is Cc1cccc(-n2c(C)nc3cccc(C(=O)O)c32)c1. The third-order valence-electron chi connectivity index (χ3n) is 3.33. The molecule has 0 saturated heterocycles. The van der Waals surface area contributed by atoms with Crippen molar-refractivity contribution < 1.29 is 9.90 Å². The molecular formula is C16H14N2O2. The van der Waals surface area contributed by atoms with E-state index < -0.39 is 5.97 Å². The van der Waals surface area contributed by atoms with Gasteiger partial charge in [0.2, 0.25) is 0 Å². The molecule has 0 aliphatic carbocycles. The number of aromatic carboxylic acids is 1. The molecule has 1 aromatic heterocycles. The summed E-state index contributed by atoms with van der Waals surface area (Å²) in [5, 5.41) is 9.38. The normalized spacial score (nSPS) is 10.9. The second-order valence-corrected chi connectivity index (χ2v) is 4.81. The molecule has 0 atom stereocenters. The number of imidazole rings is 1. The number of para-hydroxylation sites is 1. The minimum atomic E-state index is -0.940. The van der Waals surface area contributed by atoms with Crippen molar-refractivity contribution in [3.63, 3.8) is 0 Å². The smallest absolute Gasteiger partial charge is 0.337 e. The van der Waals surface area contributed by atoms with Crippen LogP contribution in [0.1, 0.15) is 21.7 Å². The summed E-state index contributed by atoms with van der Waals surface area (Å²) in [5.41, 5.74) is 3.66. The summed E-state index contributed by atoms with van der Waals surface area (Å²) >= 11 is 0. The van der Waals surface area contributed by atoms with E-state index in [-0.39, 0.29) is 5.56 Å². The molecule has 0 fully saturated rings. The Hall–Kier alpha value is -2.62. The monoisotopic (exact) mass is 266 g/mol. The lowest BCUT2D eigenvalue weighted by Crippen LogP contribution is -2.03. The van der Waals surface area contributed by atoms with Gasteiger partial charge in [-0.2, -0.15) is 0 Å². The van der Waals surface area contributed by atoms with Gasteiger partial charge in [0, 0.05) is 5.69 Å². The summed E-state index contributed by atoms with van der Waals surface area (Å²) in [6.45, 7) is 3.89. The van der Waals surface area contributed by atoms with Crippen LogP contribution in [0, 0.1) is 13.8 Å². The summed E-state index contributed by atoms with van der Waals surface area (Å²) in [4.78, 5) is 15.9. The van der Waals surface area contributed by atoms with Gasteiger partial charge in [0.05, 0.1) is 16.6 Å². The first-order valence-corrected chi connectivity index (χ1v) is 6.36. The van der Waals surface area contributed by atoms with Crippen molar-refractivity contribution in [3.05, 3.63) is 59.4 Å². The van der Waals surface area contributed by atoms with E-state index in [1.165, 1.54) is 0 Å². The highest BCUT2D eigenvalue weighted by molar-refractivity contribution is 6.01. The highest BCUT2D eigenvalue weighted by Crippen LogP contribution is 2.25. The average Bonchev–Trinajstić information content (AvgIpc) is 2.74. The van der Waals surface area contributed by atoms with Crippen molar-refractivity contribution in [2.75, 3.05) is 0 Å². The van der Waals surface area contributed by atoms with Gasteiger partial charge in [0.15, 0.2) is 0 Å². The van der Waals surface area contributed by atoms with Crippen molar-refractivity contribution >= 4 is 17.0 Å². The van der Waals surface area contributed by atoms with E-state index in [1.807, 2.05) is 48.7 Å². The number of carboxylic acids is 1. The lowest BCUT2D eigenvalue weighted by Gasteiger charge is -2.09. The van der Waals surface area contributed by atoms with Gasteiger partial charge in [-0.25, -0.2) is 9.78 Å². The minimum absolute atomic E-state index is 0.268. The second-order valence-electron chi connectivity index (χ2n) is 4.81. The van der Waals surface area contributed by atoms with Crippen LogP contribution in [0.3, 0.4) is 0 Å².